The van der Waals surface area contributed by atoms with Gasteiger partial charge in [0.15, 0.2) is 0 Å². The minimum atomic E-state index is -1.13. The van der Waals surface area contributed by atoms with E-state index in [0.29, 0.717) is 37.6 Å². The number of H-pyrrole nitrogens is 1. The van der Waals surface area contributed by atoms with E-state index in [2.05, 4.69) is 22.2 Å². The summed E-state index contributed by atoms with van der Waals surface area (Å²) < 4.78 is 5.19. The van der Waals surface area contributed by atoms with Gasteiger partial charge in [-0.2, -0.15) is 0 Å². The Morgan fingerprint density at radius 1 is 1.27 bits per heavy atom. The average molecular weight is 510 g/mol. The third-order valence-electron chi connectivity index (χ3n) is 5.98. The molecule has 196 valence electrons. The molecule has 1 saturated heterocycles. The summed E-state index contributed by atoms with van der Waals surface area (Å²) in [5.74, 6) is -1.66. The summed E-state index contributed by atoms with van der Waals surface area (Å²) in [4.78, 5) is 64.5. The Morgan fingerprint density at radius 2 is 2.08 bits per heavy atom. The van der Waals surface area contributed by atoms with Gasteiger partial charge < -0.3 is 31.0 Å². The molecular weight excluding hydrogens is 478 g/mol. The summed E-state index contributed by atoms with van der Waals surface area (Å²) in [6.07, 6.45) is 7.82. The first-order chi connectivity index (χ1) is 17.8. The van der Waals surface area contributed by atoms with Gasteiger partial charge in [0.1, 0.15) is 12.1 Å². The topological polar surface area (TPSA) is 164 Å². The monoisotopic (exact) mass is 509 g/mol. The second kappa shape index (κ2) is 13.1. The van der Waals surface area contributed by atoms with Crippen LogP contribution >= 0.6 is 0 Å². The standard InChI is InChI=1S/C26H31N5O6/c1-2-22(32)29-16-20(25(35)31-13-6-8-21(31)23(27)33)30-26(36)37-14-5-3-4-7-17-9-10-18-11-12-28-24(34)19(18)15-17/h2,4,7,9-12,15,20-21H,1,3,5-6,8,13-14,16H2,(H2,27,33)(H,28,34)(H,29,32)(H,30,36)/b7-4+/t20-,21-/m0/s1. The Bertz CT molecular complexity index is 1250. The Balaban J connectivity index is 1.49. The number of primary amides is 1. The minimum absolute atomic E-state index is 0.0983. The Hall–Kier alpha value is -4.41. The van der Waals surface area contributed by atoms with Crippen molar-refractivity contribution in [3.63, 3.8) is 0 Å². The maximum absolute atomic E-state index is 13.0. The van der Waals surface area contributed by atoms with Crippen molar-refractivity contribution in [3.8, 4) is 0 Å². The lowest BCUT2D eigenvalue weighted by Crippen LogP contribution is -2.56. The molecule has 0 unspecified atom stereocenters. The van der Waals surface area contributed by atoms with Crippen molar-refractivity contribution in [2.45, 2.75) is 37.8 Å². The minimum Gasteiger partial charge on any atom is -0.450 e. The molecule has 0 spiro atoms. The molecule has 2 aromatic rings. The van der Waals surface area contributed by atoms with Crippen molar-refractivity contribution in [1.82, 2.24) is 20.5 Å². The predicted octanol–water partition coefficient (Wildman–Crippen LogP) is 1.19. The van der Waals surface area contributed by atoms with E-state index in [-0.39, 0.29) is 18.7 Å². The molecule has 2 heterocycles. The maximum Gasteiger partial charge on any atom is 0.407 e. The number of aromatic nitrogens is 1. The van der Waals surface area contributed by atoms with E-state index in [1.807, 2.05) is 30.4 Å². The average Bonchev–Trinajstić information content (AvgIpc) is 3.39. The normalized spacial score (nSPS) is 15.9. The number of carbonyl (C=O) groups is 4. The number of fused-ring (bicyclic) bond motifs is 1. The van der Waals surface area contributed by atoms with Crippen molar-refractivity contribution < 1.29 is 23.9 Å². The van der Waals surface area contributed by atoms with E-state index in [4.69, 9.17) is 10.5 Å². The number of amides is 4. The first-order valence-electron chi connectivity index (χ1n) is 12.0. The molecule has 0 aliphatic carbocycles. The van der Waals surface area contributed by atoms with Crippen LogP contribution in [0.15, 0.2) is 54.0 Å². The summed E-state index contributed by atoms with van der Waals surface area (Å²) in [6.45, 7) is 3.59. The van der Waals surface area contributed by atoms with Gasteiger partial charge in [-0.05, 0) is 54.8 Å². The van der Waals surface area contributed by atoms with Gasteiger partial charge in [0.05, 0.1) is 6.61 Å². The predicted molar refractivity (Wildman–Crippen MR) is 138 cm³/mol. The number of benzene rings is 1. The third kappa shape index (κ3) is 7.53. The molecule has 1 aromatic carbocycles. The molecule has 1 fully saturated rings. The van der Waals surface area contributed by atoms with Crippen LogP contribution in [0.2, 0.25) is 0 Å². The number of unbranched alkanes of at least 4 members (excludes halogenated alkanes) is 1. The number of nitrogens with zero attached hydrogens (tertiary/aromatic N) is 1. The van der Waals surface area contributed by atoms with Gasteiger partial charge in [0.2, 0.25) is 17.7 Å². The lowest BCUT2D eigenvalue weighted by molar-refractivity contribution is -0.138. The summed E-state index contributed by atoms with van der Waals surface area (Å²) in [5, 5.41) is 6.41. The van der Waals surface area contributed by atoms with Crippen LogP contribution in [0.4, 0.5) is 4.79 Å². The van der Waals surface area contributed by atoms with Crippen molar-refractivity contribution in [2.75, 3.05) is 19.7 Å². The van der Waals surface area contributed by atoms with Crippen LogP contribution in [0.3, 0.4) is 0 Å². The molecule has 37 heavy (non-hydrogen) atoms. The molecule has 0 radical (unpaired) electrons. The number of alkyl carbamates (subject to hydrolysis) is 1. The number of nitrogens with two attached hydrogens (primary N) is 1. The highest BCUT2D eigenvalue weighted by molar-refractivity contribution is 5.92. The summed E-state index contributed by atoms with van der Waals surface area (Å²) in [5.41, 5.74) is 6.12. The number of ether oxygens (including phenoxy) is 1. The first-order valence-corrected chi connectivity index (χ1v) is 12.0. The molecule has 5 N–H and O–H groups in total. The van der Waals surface area contributed by atoms with Crippen molar-refractivity contribution >= 4 is 40.7 Å². The highest BCUT2D eigenvalue weighted by atomic mass is 16.5. The van der Waals surface area contributed by atoms with Crippen LogP contribution in [0, 0.1) is 0 Å². The fourth-order valence-electron chi connectivity index (χ4n) is 4.08. The number of rotatable bonds is 11. The number of carbonyl (C=O) groups excluding carboxylic acids is 4. The van der Waals surface area contributed by atoms with Crippen molar-refractivity contribution in [3.05, 3.63) is 65.1 Å². The molecule has 4 amide bonds. The van der Waals surface area contributed by atoms with Crippen molar-refractivity contribution in [1.29, 1.82) is 0 Å². The second-order valence-electron chi connectivity index (χ2n) is 8.57. The number of aromatic amines is 1. The summed E-state index contributed by atoms with van der Waals surface area (Å²) in [7, 11) is 0. The van der Waals surface area contributed by atoms with E-state index >= 15 is 0 Å². The molecule has 11 heteroatoms. The van der Waals surface area contributed by atoms with Gasteiger partial charge in [-0.15, -0.1) is 0 Å². The Morgan fingerprint density at radius 3 is 2.84 bits per heavy atom. The van der Waals surface area contributed by atoms with Crippen LogP contribution in [-0.2, 0) is 19.1 Å². The Kier molecular flexibility index (Phi) is 9.59. The number of likely N-dealkylation sites (tertiary alicyclic amines) is 1. The molecule has 0 bridgehead atoms. The highest BCUT2D eigenvalue weighted by Crippen LogP contribution is 2.18. The van der Waals surface area contributed by atoms with E-state index < -0.39 is 35.9 Å². The van der Waals surface area contributed by atoms with Crippen LogP contribution in [-0.4, -0.2) is 65.5 Å². The summed E-state index contributed by atoms with van der Waals surface area (Å²) in [6, 6.07) is 5.54. The van der Waals surface area contributed by atoms with Gasteiger partial charge in [-0.25, -0.2) is 4.79 Å². The van der Waals surface area contributed by atoms with E-state index in [1.165, 1.54) is 4.90 Å². The quantitative estimate of drug-likeness (QED) is 0.263. The van der Waals surface area contributed by atoms with Gasteiger partial charge in [-0.3, -0.25) is 19.2 Å². The van der Waals surface area contributed by atoms with Gasteiger partial charge in [-0.1, -0.05) is 30.9 Å². The van der Waals surface area contributed by atoms with Gasteiger partial charge in [0, 0.05) is 24.7 Å². The zero-order chi connectivity index (χ0) is 26.8. The number of allylic oxidation sites excluding steroid dienone is 1. The first kappa shape index (κ1) is 27.2. The fraction of sp³-hybridized carbons (Fsp3) is 0.346. The lowest BCUT2D eigenvalue weighted by atomic mass is 10.1. The Labute approximate surface area is 213 Å². The summed E-state index contributed by atoms with van der Waals surface area (Å²) >= 11 is 0. The second-order valence-corrected chi connectivity index (χ2v) is 8.57. The van der Waals surface area contributed by atoms with Gasteiger partial charge in [0.25, 0.3) is 5.56 Å². The van der Waals surface area contributed by atoms with Crippen LogP contribution < -0.4 is 21.9 Å². The van der Waals surface area contributed by atoms with Crippen LogP contribution in [0.1, 0.15) is 31.2 Å². The number of hydrogen-bond acceptors (Lipinski definition) is 6. The lowest BCUT2D eigenvalue weighted by Gasteiger charge is -2.27. The van der Waals surface area contributed by atoms with Crippen LogP contribution in [0.5, 0.6) is 0 Å². The molecule has 2 atom stereocenters. The number of pyridine rings is 1. The molecule has 0 saturated carbocycles. The SMILES string of the molecule is C=CC(=O)NC[C@H](NC(=O)OCCC/C=C/c1ccc2cc[nH]c(=O)c2c1)C(=O)N1CCC[C@H]1C(N)=O. The molecule has 3 rings (SSSR count). The maximum atomic E-state index is 13.0. The number of nitrogens with one attached hydrogen (secondary N) is 3. The molecule has 1 aliphatic rings. The molecular formula is C26H31N5O6. The smallest absolute Gasteiger partial charge is 0.407 e. The molecule has 1 aliphatic heterocycles. The number of hydrogen-bond donors (Lipinski definition) is 4. The zero-order valence-corrected chi connectivity index (χ0v) is 20.4. The van der Waals surface area contributed by atoms with Crippen LogP contribution in [0.25, 0.3) is 16.8 Å². The zero-order valence-electron chi connectivity index (χ0n) is 20.4. The van der Waals surface area contributed by atoms with E-state index in [1.54, 1.807) is 12.3 Å². The largest absolute Gasteiger partial charge is 0.450 e. The van der Waals surface area contributed by atoms with E-state index in [9.17, 15) is 24.0 Å². The molecule has 11 nitrogen and oxygen atoms in total. The van der Waals surface area contributed by atoms with Crippen molar-refractivity contribution in [2.24, 2.45) is 5.73 Å². The highest BCUT2D eigenvalue weighted by Gasteiger charge is 2.36. The van der Waals surface area contributed by atoms with Gasteiger partial charge >= 0.3 is 6.09 Å². The fourth-order valence-corrected chi connectivity index (χ4v) is 4.08. The van der Waals surface area contributed by atoms with E-state index in [0.717, 1.165) is 17.0 Å². The molecule has 1 aromatic heterocycles. The third-order valence-corrected chi connectivity index (χ3v) is 5.98.